The number of carbonyl (C=O) groups excluding carboxylic acids is 2. The zero-order valence-electron chi connectivity index (χ0n) is 17.4. The summed E-state index contributed by atoms with van der Waals surface area (Å²) in [5, 5.41) is 0. The molecule has 0 amide bonds. The topological polar surface area (TPSA) is 52.6 Å². The van der Waals surface area contributed by atoms with Gasteiger partial charge in [0.1, 0.15) is 0 Å². The number of hydrogen-bond donors (Lipinski definition) is 0. The second kappa shape index (κ2) is 13.6. The highest BCUT2D eigenvalue weighted by atomic mass is 16.5. The van der Waals surface area contributed by atoms with Crippen molar-refractivity contribution in [2.45, 2.75) is 73.1 Å². The van der Waals surface area contributed by atoms with Crippen LogP contribution in [0.5, 0.6) is 0 Å². The maximum Gasteiger partial charge on any atom is 0.333 e. The maximum absolute atomic E-state index is 11.5. The van der Waals surface area contributed by atoms with Gasteiger partial charge in [-0.25, -0.2) is 9.59 Å². The molecule has 4 nitrogen and oxygen atoms in total. The number of carbonyl (C=O) groups is 2. The highest BCUT2D eigenvalue weighted by Gasteiger charge is 2.16. The van der Waals surface area contributed by atoms with Crippen molar-refractivity contribution in [1.29, 1.82) is 0 Å². The van der Waals surface area contributed by atoms with Crippen LogP contribution < -0.4 is 0 Å². The van der Waals surface area contributed by atoms with E-state index >= 15 is 0 Å². The first-order valence-electron chi connectivity index (χ1n) is 9.80. The number of rotatable bonds is 14. The zero-order chi connectivity index (χ0) is 20.1. The van der Waals surface area contributed by atoms with Gasteiger partial charge >= 0.3 is 11.9 Å². The molecule has 0 bridgehead atoms. The monoisotopic (exact) mass is 366 g/mol. The van der Waals surface area contributed by atoms with Crippen molar-refractivity contribution in [2.75, 3.05) is 13.2 Å². The fourth-order valence-corrected chi connectivity index (χ4v) is 2.76. The SMILES string of the molecule is C=C(C)C(=O)OCCCCC(C)CCC(CCOC(=O)C(=C)C)C(C)C. The van der Waals surface area contributed by atoms with Gasteiger partial charge in [0.2, 0.25) is 0 Å². The lowest BCUT2D eigenvalue weighted by Gasteiger charge is -2.22. The van der Waals surface area contributed by atoms with Crippen LogP contribution in [0.4, 0.5) is 0 Å². The minimum atomic E-state index is -0.301. The van der Waals surface area contributed by atoms with Gasteiger partial charge in [-0.1, -0.05) is 46.8 Å². The van der Waals surface area contributed by atoms with Gasteiger partial charge in [-0.15, -0.1) is 0 Å². The van der Waals surface area contributed by atoms with Crippen LogP contribution in [-0.2, 0) is 19.1 Å². The molecule has 0 saturated heterocycles. The van der Waals surface area contributed by atoms with E-state index in [0.717, 1.165) is 32.1 Å². The maximum atomic E-state index is 11.5. The van der Waals surface area contributed by atoms with Crippen molar-refractivity contribution in [3.8, 4) is 0 Å². The van der Waals surface area contributed by atoms with E-state index in [4.69, 9.17) is 9.47 Å². The summed E-state index contributed by atoms with van der Waals surface area (Å²) >= 11 is 0. The molecule has 0 radical (unpaired) electrons. The Labute approximate surface area is 160 Å². The van der Waals surface area contributed by atoms with Crippen LogP contribution in [0, 0.1) is 17.8 Å². The molecule has 26 heavy (non-hydrogen) atoms. The molecule has 4 heteroatoms. The molecule has 2 unspecified atom stereocenters. The molecular formula is C22H38O4. The summed E-state index contributed by atoms with van der Waals surface area (Å²) in [6, 6.07) is 0. The summed E-state index contributed by atoms with van der Waals surface area (Å²) in [7, 11) is 0. The summed E-state index contributed by atoms with van der Waals surface area (Å²) < 4.78 is 10.3. The third-order valence-corrected chi connectivity index (χ3v) is 4.72. The largest absolute Gasteiger partial charge is 0.462 e. The van der Waals surface area contributed by atoms with Crippen LogP contribution in [0.1, 0.15) is 73.1 Å². The smallest absolute Gasteiger partial charge is 0.333 e. The van der Waals surface area contributed by atoms with E-state index in [2.05, 4.69) is 33.9 Å². The van der Waals surface area contributed by atoms with E-state index in [9.17, 15) is 9.59 Å². The van der Waals surface area contributed by atoms with E-state index in [1.807, 2.05) is 0 Å². The first-order valence-corrected chi connectivity index (χ1v) is 9.80. The Hall–Kier alpha value is -1.58. The summed E-state index contributed by atoms with van der Waals surface area (Å²) in [5.74, 6) is 1.18. The lowest BCUT2D eigenvalue weighted by atomic mass is 9.85. The summed E-state index contributed by atoms with van der Waals surface area (Å²) in [6.45, 7) is 18.2. The molecule has 0 heterocycles. The molecule has 0 N–H and O–H groups in total. The Bertz CT molecular complexity index is 465. The molecule has 0 aromatic heterocycles. The van der Waals surface area contributed by atoms with Gasteiger partial charge in [-0.05, 0) is 57.3 Å². The molecular weight excluding hydrogens is 328 g/mol. The second-order valence-electron chi connectivity index (χ2n) is 7.80. The zero-order valence-corrected chi connectivity index (χ0v) is 17.4. The molecule has 0 aliphatic heterocycles. The molecule has 0 saturated carbocycles. The molecule has 0 aliphatic carbocycles. The highest BCUT2D eigenvalue weighted by molar-refractivity contribution is 5.87. The number of ether oxygens (including phenoxy) is 2. The number of hydrogen-bond acceptors (Lipinski definition) is 4. The predicted octanol–water partition coefficient (Wildman–Crippen LogP) is 5.47. The molecule has 0 aromatic rings. The van der Waals surface area contributed by atoms with Crippen molar-refractivity contribution < 1.29 is 19.1 Å². The third kappa shape index (κ3) is 11.9. The standard InChI is InChI=1S/C22H38O4/c1-16(2)20(13-15-26-22(24)18(5)6)12-11-19(7)10-8-9-14-25-21(23)17(3)4/h16,19-20H,3,5,8-15H2,1-2,4,6-7H3. The minimum Gasteiger partial charge on any atom is -0.462 e. The Morgan fingerprint density at radius 2 is 1.31 bits per heavy atom. The molecule has 0 aliphatic rings. The van der Waals surface area contributed by atoms with Crippen LogP contribution in [0.2, 0.25) is 0 Å². The van der Waals surface area contributed by atoms with Gasteiger partial charge in [0.15, 0.2) is 0 Å². The van der Waals surface area contributed by atoms with Crippen molar-refractivity contribution in [2.24, 2.45) is 17.8 Å². The molecule has 0 aromatic carbocycles. The van der Waals surface area contributed by atoms with Gasteiger partial charge < -0.3 is 9.47 Å². The molecule has 0 fully saturated rings. The van der Waals surface area contributed by atoms with Crippen LogP contribution in [0.25, 0.3) is 0 Å². The average Bonchev–Trinajstić information content (AvgIpc) is 2.56. The second-order valence-corrected chi connectivity index (χ2v) is 7.80. The van der Waals surface area contributed by atoms with E-state index in [0.29, 0.717) is 42.1 Å². The van der Waals surface area contributed by atoms with Crippen molar-refractivity contribution in [1.82, 2.24) is 0 Å². The predicted molar refractivity (Wildman–Crippen MR) is 107 cm³/mol. The van der Waals surface area contributed by atoms with Crippen LogP contribution in [-0.4, -0.2) is 25.2 Å². The number of esters is 2. The van der Waals surface area contributed by atoms with Gasteiger partial charge in [0, 0.05) is 11.1 Å². The first-order chi connectivity index (χ1) is 12.1. The van der Waals surface area contributed by atoms with E-state index < -0.39 is 0 Å². The summed E-state index contributed by atoms with van der Waals surface area (Å²) in [4.78, 5) is 22.7. The van der Waals surface area contributed by atoms with Gasteiger partial charge in [-0.3, -0.25) is 0 Å². The average molecular weight is 367 g/mol. The van der Waals surface area contributed by atoms with Gasteiger partial charge in [0.25, 0.3) is 0 Å². The van der Waals surface area contributed by atoms with E-state index in [-0.39, 0.29) is 11.9 Å². The number of unbranched alkanes of at least 4 members (excludes halogenated alkanes) is 1. The Morgan fingerprint density at radius 1 is 0.769 bits per heavy atom. The molecule has 0 spiro atoms. The first kappa shape index (κ1) is 24.4. The third-order valence-electron chi connectivity index (χ3n) is 4.72. The van der Waals surface area contributed by atoms with E-state index in [1.54, 1.807) is 13.8 Å². The summed E-state index contributed by atoms with van der Waals surface area (Å²) in [5.41, 5.74) is 0.903. The van der Waals surface area contributed by atoms with Gasteiger partial charge in [0.05, 0.1) is 13.2 Å². The quantitative estimate of drug-likeness (QED) is 0.232. The fourth-order valence-electron chi connectivity index (χ4n) is 2.76. The molecule has 2 atom stereocenters. The van der Waals surface area contributed by atoms with Crippen LogP contribution >= 0.6 is 0 Å². The minimum absolute atomic E-state index is 0.298. The van der Waals surface area contributed by atoms with E-state index in [1.165, 1.54) is 6.42 Å². The Kier molecular flexibility index (Phi) is 12.8. The highest BCUT2D eigenvalue weighted by Crippen LogP contribution is 2.25. The van der Waals surface area contributed by atoms with Crippen molar-refractivity contribution in [3.63, 3.8) is 0 Å². The lowest BCUT2D eigenvalue weighted by molar-refractivity contribution is -0.140. The normalized spacial score (nSPS) is 13.2. The Morgan fingerprint density at radius 3 is 1.81 bits per heavy atom. The van der Waals surface area contributed by atoms with Crippen LogP contribution in [0.15, 0.2) is 24.3 Å². The Balaban J connectivity index is 3.94. The molecule has 150 valence electrons. The lowest BCUT2D eigenvalue weighted by Crippen LogP contribution is -2.15. The van der Waals surface area contributed by atoms with Gasteiger partial charge in [-0.2, -0.15) is 0 Å². The molecule has 0 rings (SSSR count). The summed E-state index contributed by atoms with van der Waals surface area (Å²) in [6.07, 6.45) is 6.32. The van der Waals surface area contributed by atoms with Crippen molar-refractivity contribution >= 4 is 11.9 Å². The van der Waals surface area contributed by atoms with Crippen molar-refractivity contribution in [3.05, 3.63) is 24.3 Å². The van der Waals surface area contributed by atoms with Crippen LogP contribution in [0.3, 0.4) is 0 Å². The fraction of sp³-hybridized carbons (Fsp3) is 0.727.